The Morgan fingerprint density at radius 1 is 1.13 bits per heavy atom. The Bertz CT molecular complexity index is 692. The van der Waals surface area contributed by atoms with E-state index in [9.17, 15) is 14.4 Å². The molecule has 0 aliphatic heterocycles. The first-order chi connectivity index (χ1) is 10.7. The molecule has 0 saturated carbocycles. The summed E-state index contributed by atoms with van der Waals surface area (Å²) in [5.74, 6) is -1.30. The molecule has 0 saturated heterocycles. The molecule has 122 valence electrons. The Kier molecular flexibility index (Phi) is 4.29. The highest BCUT2D eigenvalue weighted by molar-refractivity contribution is 6.43. The fraction of sp³-hybridized carbons (Fsp3) is 0.421. The molecule has 1 aromatic rings. The summed E-state index contributed by atoms with van der Waals surface area (Å²) in [5, 5.41) is 0. The lowest BCUT2D eigenvalue weighted by molar-refractivity contribution is -0.155. The second kappa shape index (κ2) is 5.76. The van der Waals surface area contributed by atoms with Crippen LogP contribution in [0.15, 0.2) is 35.9 Å². The highest BCUT2D eigenvalue weighted by Crippen LogP contribution is 2.51. The van der Waals surface area contributed by atoms with Crippen molar-refractivity contribution in [2.45, 2.75) is 34.6 Å². The molecule has 1 aliphatic carbocycles. The molecule has 1 aromatic carbocycles. The van der Waals surface area contributed by atoms with Gasteiger partial charge in [-0.05, 0) is 25.0 Å². The minimum atomic E-state index is -1.41. The normalized spacial score (nSPS) is 21.0. The maximum absolute atomic E-state index is 12.7. The SMILES string of the molecule is CCOC(=O)C1(C)C(=O)C(C(=O)C(C)(C)C)=C1c1ccccc1. The van der Waals surface area contributed by atoms with Crippen LogP contribution in [0.5, 0.6) is 0 Å². The lowest BCUT2D eigenvalue weighted by Crippen LogP contribution is -2.51. The smallest absolute Gasteiger partial charge is 0.324 e. The first-order valence-corrected chi connectivity index (χ1v) is 7.72. The fourth-order valence-electron chi connectivity index (χ4n) is 2.76. The van der Waals surface area contributed by atoms with Crippen LogP contribution < -0.4 is 0 Å². The van der Waals surface area contributed by atoms with Crippen molar-refractivity contribution in [1.29, 1.82) is 0 Å². The number of Topliss-reactive ketones (excluding diaryl/α,β-unsaturated/α-hetero) is 2. The molecular weight excluding hydrogens is 292 g/mol. The van der Waals surface area contributed by atoms with Crippen molar-refractivity contribution in [2.75, 3.05) is 6.61 Å². The van der Waals surface area contributed by atoms with Crippen LogP contribution >= 0.6 is 0 Å². The second-order valence-electron chi connectivity index (χ2n) is 6.87. The molecule has 1 atom stereocenters. The number of carbonyl (C=O) groups is 3. The molecule has 0 amide bonds. The topological polar surface area (TPSA) is 60.4 Å². The molecule has 2 rings (SSSR count). The number of carbonyl (C=O) groups excluding carboxylic acids is 3. The third-order valence-electron chi connectivity index (χ3n) is 4.09. The quantitative estimate of drug-likeness (QED) is 0.486. The fourth-order valence-corrected chi connectivity index (χ4v) is 2.76. The van der Waals surface area contributed by atoms with E-state index < -0.39 is 22.6 Å². The molecule has 0 spiro atoms. The Morgan fingerprint density at radius 2 is 1.70 bits per heavy atom. The average molecular weight is 314 g/mol. The molecular formula is C19H22O4. The highest BCUT2D eigenvalue weighted by Gasteiger charge is 2.59. The number of allylic oxidation sites excluding steroid dienone is 1. The van der Waals surface area contributed by atoms with Gasteiger partial charge < -0.3 is 4.74 Å². The maximum atomic E-state index is 12.7. The Balaban J connectivity index is 2.65. The van der Waals surface area contributed by atoms with Crippen molar-refractivity contribution in [3.63, 3.8) is 0 Å². The lowest BCUT2D eigenvalue weighted by Gasteiger charge is -2.40. The Labute approximate surface area is 136 Å². The van der Waals surface area contributed by atoms with Gasteiger partial charge in [0.25, 0.3) is 0 Å². The molecule has 4 nitrogen and oxygen atoms in total. The van der Waals surface area contributed by atoms with Crippen LogP contribution in [0.25, 0.3) is 5.57 Å². The van der Waals surface area contributed by atoms with Gasteiger partial charge in [-0.3, -0.25) is 14.4 Å². The minimum Gasteiger partial charge on any atom is -0.465 e. The van der Waals surface area contributed by atoms with Gasteiger partial charge in [0.1, 0.15) is 0 Å². The van der Waals surface area contributed by atoms with Crippen LogP contribution in [0, 0.1) is 10.8 Å². The zero-order chi connectivity index (χ0) is 17.4. The molecule has 0 radical (unpaired) electrons. The zero-order valence-corrected chi connectivity index (χ0v) is 14.2. The molecule has 0 heterocycles. The number of benzene rings is 1. The number of hydrogen-bond acceptors (Lipinski definition) is 4. The van der Waals surface area contributed by atoms with E-state index in [0.717, 1.165) is 0 Å². The standard InChI is InChI=1S/C19H22O4/c1-6-23-17(22)19(5)14(12-10-8-7-9-11-12)13(16(19)21)15(20)18(2,3)4/h7-11H,6H2,1-5H3. The molecule has 0 fully saturated rings. The monoisotopic (exact) mass is 314 g/mol. The zero-order valence-electron chi connectivity index (χ0n) is 14.2. The Morgan fingerprint density at radius 3 is 2.17 bits per heavy atom. The summed E-state index contributed by atoms with van der Waals surface area (Å²) in [6.07, 6.45) is 0. The third-order valence-corrected chi connectivity index (χ3v) is 4.09. The summed E-state index contributed by atoms with van der Waals surface area (Å²) >= 11 is 0. The minimum absolute atomic E-state index is 0.124. The second-order valence-corrected chi connectivity index (χ2v) is 6.87. The van der Waals surface area contributed by atoms with Gasteiger partial charge in [-0.25, -0.2) is 0 Å². The number of ether oxygens (including phenoxy) is 1. The van der Waals surface area contributed by atoms with Crippen molar-refractivity contribution in [1.82, 2.24) is 0 Å². The van der Waals surface area contributed by atoms with E-state index in [1.165, 1.54) is 6.92 Å². The van der Waals surface area contributed by atoms with Crippen LogP contribution in [0.2, 0.25) is 0 Å². The van der Waals surface area contributed by atoms with Crippen LogP contribution in [0.4, 0.5) is 0 Å². The van der Waals surface area contributed by atoms with Crippen molar-refractivity contribution in [3.05, 3.63) is 41.5 Å². The third kappa shape index (κ3) is 2.62. The summed E-state index contributed by atoms with van der Waals surface area (Å²) in [5.41, 5.74) is -0.801. The van der Waals surface area contributed by atoms with Crippen molar-refractivity contribution < 1.29 is 19.1 Å². The molecule has 0 N–H and O–H groups in total. The van der Waals surface area contributed by atoms with Gasteiger partial charge in [-0.1, -0.05) is 51.1 Å². The van der Waals surface area contributed by atoms with Crippen molar-refractivity contribution >= 4 is 23.1 Å². The number of hydrogen-bond donors (Lipinski definition) is 0. The van der Waals surface area contributed by atoms with Gasteiger partial charge in [0.15, 0.2) is 17.0 Å². The Hall–Kier alpha value is -2.23. The van der Waals surface area contributed by atoms with Gasteiger partial charge in [0.2, 0.25) is 0 Å². The first-order valence-electron chi connectivity index (χ1n) is 7.72. The molecule has 23 heavy (non-hydrogen) atoms. The largest absolute Gasteiger partial charge is 0.465 e. The van der Waals surface area contributed by atoms with E-state index in [-0.39, 0.29) is 18.0 Å². The molecule has 4 heteroatoms. The van der Waals surface area contributed by atoms with Gasteiger partial charge in [0.05, 0.1) is 12.2 Å². The lowest BCUT2D eigenvalue weighted by atomic mass is 9.58. The van der Waals surface area contributed by atoms with Crippen LogP contribution in [0.3, 0.4) is 0 Å². The van der Waals surface area contributed by atoms with E-state index in [1.54, 1.807) is 39.8 Å². The van der Waals surface area contributed by atoms with Crippen LogP contribution in [0.1, 0.15) is 40.2 Å². The number of rotatable bonds is 4. The highest BCUT2D eigenvalue weighted by atomic mass is 16.5. The van der Waals surface area contributed by atoms with E-state index >= 15 is 0 Å². The molecule has 1 unspecified atom stereocenters. The van der Waals surface area contributed by atoms with Crippen molar-refractivity contribution in [2.24, 2.45) is 10.8 Å². The predicted molar refractivity (Wildman–Crippen MR) is 87.6 cm³/mol. The van der Waals surface area contributed by atoms with Gasteiger partial charge >= 0.3 is 5.97 Å². The molecule has 0 bridgehead atoms. The van der Waals surface area contributed by atoms with Crippen molar-refractivity contribution in [3.8, 4) is 0 Å². The summed E-state index contributed by atoms with van der Waals surface area (Å²) in [6.45, 7) is 8.70. The summed E-state index contributed by atoms with van der Waals surface area (Å²) < 4.78 is 5.08. The van der Waals surface area contributed by atoms with E-state index in [4.69, 9.17) is 4.74 Å². The summed E-state index contributed by atoms with van der Waals surface area (Å²) in [6, 6.07) is 9.08. The van der Waals surface area contributed by atoms with Gasteiger partial charge in [-0.15, -0.1) is 0 Å². The van der Waals surface area contributed by atoms with Crippen LogP contribution in [-0.2, 0) is 19.1 Å². The predicted octanol–water partition coefficient (Wildman–Crippen LogP) is 3.21. The number of esters is 1. The number of ketones is 2. The maximum Gasteiger partial charge on any atom is 0.324 e. The molecule has 0 aromatic heterocycles. The molecule has 1 aliphatic rings. The van der Waals surface area contributed by atoms with E-state index in [2.05, 4.69) is 0 Å². The van der Waals surface area contributed by atoms with E-state index in [0.29, 0.717) is 11.1 Å². The van der Waals surface area contributed by atoms with E-state index in [1.807, 2.05) is 18.2 Å². The first kappa shape index (κ1) is 17.1. The average Bonchev–Trinajstić information content (AvgIpc) is 2.50. The van der Waals surface area contributed by atoms with Gasteiger partial charge in [-0.2, -0.15) is 0 Å². The summed E-state index contributed by atoms with van der Waals surface area (Å²) in [4.78, 5) is 37.7. The summed E-state index contributed by atoms with van der Waals surface area (Å²) in [7, 11) is 0. The van der Waals surface area contributed by atoms with Crippen LogP contribution in [-0.4, -0.2) is 24.1 Å². The van der Waals surface area contributed by atoms with Gasteiger partial charge in [0, 0.05) is 5.41 Å².